The zero-order chi connectivity index (χ0) is 9.73. The number of carboxylic acid groups (broad SMARTS) is 1. The molecule has 0 atom stereocenters. The molecule has 1 rings (SSSR count). The maximum absolute atomic E-state index is 10.9. The van der Waals surface area contributed by atoms with Crippen LogP contribution in [0, 0.1) is 16.7 Å². The van der Waals surface area contributed by atoms with Gasteiger partial charge in [-0.25, -0.2) is 0 Å². The highest BCUT2D eigenvalue weighted by atomic mass is 35.5. The number of aliphatic carboxylic acids is 1. The summed E-state index contributed by atoms with van der Waals surface area (Å²) < 4.78 is 0. The summed E-state index contributed by atoms with van der Waals surface area (Å²) in [4.78, 5) is 10.9. The molecule has 13 heavy (non-hydrogen) atoms. The quantitative estimate of drug-likeness (QED) is 0.685. The van der Waals surface area contributed by atoms with Crippen LogP contribution < -0.4 is 5.73 Å². The van der Waals surface area contributed by atoms with E-state index in [4.69, 9.17) is 10.8 Å². The Balaban J connectivity index is 0.00000144. The Morgan fingerprint density at radius 1 is 1.23 bits per heavy atom. The maximum atomic E-state index is 10.9. The highest BCUT2D eigenvalue weighted by Crippen LogP contribution is 2.57. The standard InChI is InChI=1S/C9H17NO2.ClH/c1-8(2)5(6(11)12)9(3,4)7(8)10;/h5,7H,10H2,1-4H3,(H,11,12);1H. The van der Waals surface area contributed by atoms with E-state index in [2.05, 4.69) is 0 Å². The molecule has 3 nitrogen and oxygen atoms in total. The summed E-state index contributed by atoms with van der Waals surface area (Å²) in [5.74, 6) is -1.05. The molecule has 0 aliphatic heterocycles. The molecule has 0 amide bonds. The predicted octanol–water partition coefficient (Wildman–Crippen LogP) is 1.50. The highest BCUT2D eigenvalue weighted by molar-refractivity contribution is 5.85. The number of rotatable bonds is 1. The first-order valence-electron chi connectivity index (χ1n) is 4.20. The van der Waals surface area contributed by atoms with Crippen molar-refractivity contribution in [1.29, 1.82) is 0 Å². The van der Waals surface area contributed by atoms with E-state index in [1.54, 1.807) is 0 Å². The summed E-state index contributed by atoms with van der Waals surface area (Å²) in [6, 6.07) is -0.0221. The number of halogens is 1. The van der Waals surface area contributed by atoms with Crippen LogP contribution in [0.25, 0.3) is 0 Å². The summed E-state index contributed by atoms with van der Waals surface area (Å²) in [6.45, 7) is 7.67. The van der Waals surface area contributed by atoms with Gasteiger partial charge >= 0.3 is 5.97 Å². The van der Waals surface area contributed by atoms with Crippen molar-refractivity contribution >= 4 is 18.4 Å². The average Bonchev–Trinajstić information content (AvgIpc) is 1.83. The highest BCUT2D eigenvalue weighted by Gasteiger charge is 2.63. The van der Waals surface area contributed by atoms with Crippen LogP contribution in [0.1, 0.15) is 27.7 Å². The molecular weight excluding hydrogens is 190 g/mol. The Hall–Kier alpha value is -0.280. The molecule has 1 saturated carbocycles. The first-order valence-corrected chi connectivity index (χ1v) is 4.20. The molecule has 1 aliphatic rings. The molecular formula is C9H18ClNO2. The normalized spacial score (nSPS) is 34.2. The number of hydrogen-bond acceptors (Lipinski definition) is 2. The van der Waals surface area contributed by atoms with Crippen molar-refractivity contribution in [1.82, 2.24) is 0 Å². The average molecular weight is 208 g/mol. The minimum absolute atomic E-state index is 0. The molecule has 0 heterocycles. The van der Waals surface area contributed by atoms with Crippen molar-refractivity contribution < 1.29 is 9.90 Å². The van der Waals surface area contributed by atoms with E-state index in [-0.39, 0.29) is 35.2 Å². The molecule has 3 N–H and O–H groups in total. The first-order chi connectivity index (χ1) is 5.22. The summed E-state index contributed by atoms with van der Waals surface area (Å²) in [5.41, 5.74) is 5.36. The van der Waals surface area contributed by atoms with Gasteiger partial charge in [0.15, 0.2) is 0 Å². The van der Waals surface area contributed by atoms with Gasteiger partial charge in [0.1, 0.15) is 0 Å². The maximum Gasteiger partial charge on any atom is 0.307 e. The smallest absolute Gasteiger partial charge is 0.307 e. The van der Waals surface area contributed by atoms with E-state index < -0.39 is 5.97 Å². The Labute approximate surface area is 85.1 Å². The lowest BCUT2D eigenvalue weighted by Gasteiger charge is -2.60. The summed E-state index contributed by atoms with van der Waals surface area (Å²) in [5, 5.41) is 8.97. The third kappa shape index (κ3) is 1.44. The number of carboxylic acids is 1. The molecule has 0 spiro atoms. The lowest BCUT2D eigenvalue weighted by molar-refractivity contribution is -0.176. The summed E-state index contributed by atoms with van der Waals surface area (Å²) in [6.07, 6.45) is 0. The second-order valence-corrected chi connectivity index (χ2v) is 4.89. The summed E-state index contributed by atoms with van der Waals surface area (Å²) in [7, 11) is 0. The molecule has 1 fully saturated rings. The van der Waals surface area contributed by atoms with Crippen molar-refractivity contribution in [3.05, 3.63) is 0 Å². The SMILES string of the molecule is CC1(C)C(N)C(C)(C)C1C(=O)O.Cl. The molecule has 0 aromatic rings. The molecule has 0 aromatic carbocycles. The molecule has 0 aromatic heterocycles. The minimum Gasteiger partial charge on any atom is -0.481 e. The van der Waals surface area contributed by atoms with Crippen molar-refractivity contribution in [3.8, 4) is 0 Å². The zero-order valence-corrected chi connectivity index (χ0v) is 9.31. The van der Waals surface area contributed by atoms with E-state index in [1.807, 2.05) is 27.7 Å². The Morgan fingerprint density at radius 2 is 1.54 bits per heavy atom. The van der Waals surface area contributed by atoms with E-state index in [1.165, 1.54) is 0 Å². The van der Waals surface area contributed by atoms with Gasteiger partial charge in [-0.3, -0.25) is 4.79 Å². The zero-order valence-electron chi connectivity index (χ0n) is 8.50. The fourth-order valence-electron chi connectivity index (χ4n) is 2.82. The van der Waals surface area contributed by atoms with Gasteiger partial charge in [0.2, 0.25) is 0 Å². The van der Waals surface area contributed by atoms with Gasteiger partial charge in [0.25, 0.3) is 0 Å². The number of carbonyl (C=O) groups is 1. The van der Waals surface area contributed by atoms with Crippen LogP contribution in [0.5, 0.6) is 0 Å². The molecule has 0 radical (unpaired) electrons. The molecule has 0 bridgehead atoms. The van der Waals surface area contributed by atoms with Crippen molar-refractivity contribution in [2.45, 2.75) is 33.7 Å². The second-order valence-electron chi connectivity index (χ2n) is 4.89. The third-order valence-corrected chi connectivity index (χ3v) is 3.34. The van der Waals surface area contributed by atoms with Gasteiger partial charge in [-0.2, -0.15) is 0 Å². The van der Waals surface area contributed by atoms with Gasteiger partial charge in [0.05, 0.1) is 5.92 Å². The molecule has 1 aliphatic carbocycles. The van der Waals surface area contributed by atoms with Crippen LogP contribution in [-0.2, 0) is 4.79 Å². The largest absolute Gasteiger partial charge is 0.481 e. The van der Waals surface area contributed by atoms with Crippen LogP contribution in [0.4, 0.5) is 0 Å². The van der Waals surface area contributed by atoms with Crippen LogP contribution in [-0.4, -0.2) is 17.1 Å². The van der Waals surface area contributed by atoms with Crippen LogP contribution >= 0.6 is 12.4 Å². The van der Waals surface area contributed by atoms with Gasteiger partial charge < -0.3 is 10.8 Å². The molecule has 4 heteroatoms. The second kappa shape index (κ2) is 3.14. The van der Waals surface area contributed by atoms with Gasteiger partial charge in [-0.05, 0) is 10.8 Å². The fourth-order valence-corrected chi connectivity index (χ4v) is 2.82. The Kier molecular flexibility index (Phi) is 3.07. The molecule has 78 valence electrons. The topological polar surface area (TPSA) is 63.3 Å². The Bertz CT molecular complexity index is 210. The molecule has 0 unspecified atom stereocenters. The van der Waals surface area contributed by atoms with Crippen molar-refractivity contribution in [2.75, 3.05) is 0 Å². The van der Waals surface area contributed by atoms with E-state index >= 15 is 0 Å². The van der Waals surface area contributed by atoms with Crippen molar-refractivity contribution in [2.24, 2.45) is 22.5 Å². The predicted molar refractivity (Wildman–Crippen MR) is 53.9 cm³/mol. The van der Waals surface area contributed by atoms with E-state index in [9.17, 15) is 4.79 Å². The lowest BCUT2D eigenvalue weighted by Crippen LogP contribution is -2.69. The fraction of sp³-hybridized carbons (Fsp3) is 0.889. The monoisotopic (exact) mass is 207 g/mol. The van der Waals surface area contributed by atoms with Crippen LogP contribution in [0.15, 0.2) is 0 Å². The van der Waals surface area contributed by atoms with Crippen LogP contribution in [0.3, 0.4) is 0 Å². The van der Waals surface area contributed by atoms with Crippen molar-refractivity contribution in [3.63, 3.8) is 0 Å². The van der Waals surface area contributed by atoms with Gasteiger partial charge in [0, 0.05) is 6.04 Å². The molecule has 0 saturated heterocycles. The van der Waals surface area contributed by atoms with E-state index in [0.29, 0.717) is 0 Å². The lowest BCUT2D eigenvalue weighted by atomic mass is 9.45. The summed E-state index contributed by atoms with van der Waals surface area (Å²) >= 11 is 0. The Morgan fingerprint density at radius 3 is 1.69 bits per heavy atom. The van der Waals surface area contributed by atoms with E-state index in [0.717, 1.165) is 0 Å². The first kappa shape index (κ1) is 12.7. The minimum atomic E-state index is -0.730. The van der Waals surface area contributed by atoms with Gasteiger partial charge in [-0.1, -0.05) is 27.7 Å². The van der Waals surface area contributed by atoms with Crippen LogP contribution in [0.2, 0.25) is 0 Å². The van der Waals surface area contributed by atoms with Gasteiger partial charge in [-0.15, -0.1) is 12.4 Å². The third-order valence-electron chi connectivity index (χ3n) is 3.34. The number of hydrogen-bond donors (Lipinski definition) is 2. The number of nitrogens with two attached hydrogens (primary N) is 1.